The Hall–Kier alpha value is -2.99. The lowest BCUT2D eigenvalue weighted by Gasteiger charge is -2.15. The van der Waals surface area contributed by atoms with E-state index in [-0.39, 0.29) is 24.8 Å². The highest BCUT2D eigenvalue weighted by atomic mass is 16.2. The Morgan fingerprint density at radius 1 is 1.16 bits per heavy atom. The SMILES string of the molecule is Cc1ccc(NC(=O)CN(C)CC(=O)c2c[nH]c3ccccc23)nc1. The number of H-pyrrole nitrogens is 1. The first-order valence-corrected chi connectivity index (χ1v) is 8.03. The highest BCUT2D eigenvalue weighted by Gasteiger charge is 2.15. The Bertz CT molecular complexity index is 899. The second-order valence-electron chi connectivity index (χ2n) is 6.11. The number of aromatic amines is 1. The number of amides is 1. The molecular formula is C19H20N4O2. The van der Waals surface area contributed by atoms with Crippen LogP contribution in [0, 0.1) is 6.92 Å². The van der Waals surface area contributed by atoms with Crippen molar-refractivity contribution < 1.29 is 9.59 Å². The molecule has 2 aromatic heterocycles. The van der Waals surface area contributed by atoms with E-state index in [1.807, 2.05) is 37.3 Å². The van der Waals surface area contributed by atoms with E-state index in [2.05, 4.69) is 15.3 Å². The molecule has 3 aromatic rings. The third-order valence-corrected chi connectivity index (χ3v) is 3.90. The summed E-state index contributed by atoms with van der Waals surface area (Å²) in [5, 5.41) is 3.63. The predicted octanol–water partition coefficient (Wildman–Crippen LogP) is 2.62. The van der Waals surface area contributed by atoms with Gasteiger partial charge in [-0.25, -0.2) is 4.98 Å². The molecule has 3 rings (SSSR count). The lowest BCUT2D eigenvalue weighted by atomic mass is 10.1. The third kappa shape index (κ3) is 4.10. The number of likely N-dealkylation sites (N-methyl/N-ethyl adjacent to an activating group) is 1. The number of ketones is 1. The molecule has 0 aliphatic rings. The van der Waals surface area contributed by atoms with Gasteiger partial charge in [0.15, 0.2) is 5.78 Å². The molecule has 2 N–H and O–H groups in total. The van der Waals surface area contributed by atoms with Gasteiger partial charge in [0.25, 0.3) is 0 Å². The van der Waals surface area contributed by atoms with Crippen molar-refractivity contribution in [3.05, 3.63) is 59.9 Å². The average Bonchev–Trinajstić information content (AvgIpc) is 3.01. The molecule has 0 fully saturated rings. The number of hydrogen-bond acceptors (Lipinski definition) is 4. The van der Waals surface area contributed by atoms with Crippen molar-refractivity contribution in [1.82, 2.24) is 14.9 Å². The van der Waals surface area contributed by atoms with Gasteiger partial charge in [0.05, 0.1) is 13.1 Å². The summed E-state index contributed by atoms with van der Waals surface area (Å²) in [5.41, 5.74) is 2.60. The fourth-order valence-electron chi connectivity index (χ4n) is 2.66. The Morgan fingerprint density at radius 2 is 1.96 bits per heavy atom. The number of pyridine rings is 1. The van der Waals surface area contributed by atoms with Crippen LogP contribution in [0.25, 0.3) is 10.9 Å². The van der Waals surface area contributed by atoms with Crippen LogP contribution in [-0.2, 0) is 4.79 Å². The minimum atomic E-state index is -0.203. The van der Waals surface area contributed by atoms with Crippen molar-refractivity contribution >= 4 is 28.4 Å². The summed E-state index contributed by atoms with van der Waals surface area (Å²) >= 11 is 0. The number of aryl methyl sites for hydroxylation is 1. The van der Waals surface area contributed by atoms with Crippen LogP contribution in [0.5, 0.6) is 0 Å². The predicted molar refractivity (Wildman–Crippen MR) is 97.7 cm³/mol. The van der Waals surface area contributed by atoms with Crippen LogP contribution in [-0.4, -0.2) is 46.7 Å². The summed E-state index contributed by atoms with van der Waals surface area (Å²) in [5.74, 6) is 0.277. The van der Waals surface area contributed by atoms with Crippen LogP contribution >= 0.6 is 0 Å². The molecule has 0 atom stereocenters. The highest BCUT2D eigenvalue weighted by Crippen LogP contribution is 2.18. The summed E-state index contributed by atoms with van der Waals surface area (Å²) in [6, 6.07) is 11.3. The fourth-order valence-corrected chi connectivity index (χ4v) is 2.66. The third-order valence-electron chi connectivity index (χ3n) is 3.90. The zero-order valence-electron chi connectivity index (χ0n) is 14.2. The van der Waals surface area contributed by atoms with Gasteiger partial charge in [0, 0.05) is 28.9 Å². The van der Waals surface area contributed by atoms with Gasteiger partial charge in [-0.3, -0.25) is 14.5 Å². The maximum absolute atomic E-state index is 12.5. The number of anilines is 1. The Balaban J connectivity index is 1.58. The summed E-state index contributed by atoms with van der Waals surface area (Å²) in [4.78, 5) is 33.5. The molecule has 0 unspecified atom stereocenters. The van der Waals surface area contributed by atoms with E-state index in [1.165, 1.54) is 0 Å². The van der Waals surface area contributed by atoms with Crippen LogP contribution in [0.4, 0.5) is 5.82 Å². The molecule has 0 aliphatic heterocycles. The number of benzene rings is 1. The van der Waals surface area contributed by atoms with Gasteiger partial charge in [0.2, 0.25) is 5.91 Å². The molecule has 6 nitrogen and oxygen atoms in total. The van der Waals surface area contributed by atoms with Crippen LogP contribution in [0.1, 0.15) is 15.9 Å². The highest BCUT2D eigenvalue weighted by molar-refractivity contribution is 6.08. The minimum absolute atomic E-state index is 0.0267. The standard InChI is InChI=1S/C19H20N4O2/c1-13-7-8-18(21-9-13)22-19(25)12-23(2)11-17(24)15-10-20-16-6-4-3-5-14(15)16/h3-10,20H,11-12H2,1-2H3,(H,21,22,25). The molecule has 128 valence electrons. The van der Waals surface area contributed by atoms with Crippen LogP contribution in [0.2, 0.25) is 0 Å². The molecule has 1 aromatic carbocycles. The number of Topliss-reactive ketones (excluding diaryl/α,β-unsaturated/α-hetero) is 1. The molecule has 1 amide bonds. The normalized spacial score (nSPS) is 11.0. The van der Waals surface area contributed by atoms with E-state index >= 15 is 0 Å². The molecule has 0 aliphatic carbocycles. The summed E-state index contributed by atoms with van der Waals surface area (Å²) in [7, 11) is 1.74. The topological polar surface area (TPSA) is 78.1 Å². The lowest BCUT2D eigenvalue weighted by molar-refractivity contribution is -0.116. The molecule has 6 heteroatoms. The number of nitrogens with zero attached hydrogens (tertiary/aromatic N) is 2. The van der Waals surface area contributed by atoms with Gasteiger partial charge < -0.3 is 10.3 Å². The quantitative estimate of drug-likeness (QED) is 0.678. The van der Waals surface area contributed by atoms with Crippen LogP contribution in [0.3, 0.4) is 0 Å². The van der Waals surface area contributed by atoms with Gasteiger partial charge >= 0.3 is 0 Å². The van der Waals surface area contributed by atoms with E-state index in [0.717, 1.165) is 16.5 Å². The molecule has 25 heavy (non-hydrogen) atoms. The number of aromatic nitrogens is 2. The largest absolute Gasteiger partial charge is 0.360 e. The number of fused-ring (bicyclic) bond motifs is 1. The van der Waals surface area contributed by atoms with E-state index in [0.29, 0.717) is 11.4 Å². The number of nitrogens with one attached hydrogen (secondary N) is 2. The summed E-state index contributed by atoms with van der Waals surface area (Å²) in [6.07, 6.45) is 3.41. The van der Waals surface area contributed by atoms with Crippen molar-refractivity contribution in [3.63, 3.8) is 0 Å². The minimum Gasteiger partial charge on any atom is -0.360 e. The second kappa shape index (κ2) is 7.27. The lowest BCUT2D eigenvalue weighted by Crippen LogP contribution is -2.34. The molecule has 0 saturated carbocycles. The number of carbonyl (C=O) groups is 2. The second-order valence-corrected chi connectivity index (χ2v) is 6.11. The first-order valence-electron chi connectivity index (χ1n) is 8.03. The molecular weight excluding hydrogens is 316 g/mol. The van der Waals surface area contributed by atoms with Crippen molar-refractivity contribution in [2.45, 2.75) is 6.92 Å². The van der Waals surface area contributed by atoms with Crippen LogP contribution in [0.15, 0.2) is 48.8 Å². The molecule has 0 spiro atoms. The van der Waals surface area contributed by atoms with E-state index < -0.39 is 0 Å². The fraction of sp³-hybridized carbons (Fsp3) is 0.211. The zero-order valence-corrected chi connectivity index (χ0v) is 14.2. The Morgan fingerprint density at radius 3 is 2.72 bits per heavy atom. The van der Waals surface area contributed by atoms with Gasteiger partial charge in [-0.15, -0.1) is 0 Å². The van der Waals surface area contributed by atoms with E-state index in [1.54, 1.807) is 30.4 Å². The zero-order chi connectivity index (χ0) is 17.8. The Labute approximate surface area is 145 Å². The average molecular weight is 336 g/mol. The van der Waals surface area contributed by atoms with Crippen molar-refractivity contribution in [1.29, 1.82) is 0 Å². The number of carbonyl (C=O) groups excluding carboxylic acids is 2. The monoisotopic (exact) mass is 336 g/mol. The van der Waals surface area contributed by atoms with Crippen LogP contribution < -0.4 is 5.32 Å². The first-order chi connectivity index (χ1) is 12.0. The molecule has 0 radical (unpaired) electrons. The Kier molecular flexibility index (Phi) is 4.90. The molecule has 0 bridgehead atoms. The number of rotatable bonds is 6. The maximum Gasteiger partial charge on any atom is 0.239 e. The number of para-hydroxylation sites is 1. The summed E-state index contributed by atoms with van der Waals surface area (Å²) < 4.78 is 0. The van der Waals surface area contributed by atoms with Gasteiger partial charge in [-0.1, -0.05) is 24.3 Å². The smallest absolute Gasteiger partial charge is 0.239 e. The first kappa shape index (κ1) is 16.9. The number of hydrogen-bond donors (Lipinski definition) is 2. The van der Waals surface area contributed by atoms with Crippen molar-refractivity contribution in [2.24, 2.45) is 0 Å². The van der Waals surface area contributed by atoms with Gasteiger partial charge in [0.1, 0.15) is 5.82 Å². The van der Waals surface area contributed by atoms with E-state index in [4.69, 9.17) is 0 Å². The maximum atomic E-state index is 12.5. The van der Waals surface area contributed by atoms with E-state index in [9.17, 15) is 9.59 Å². The van der Waals surface area contributed by atoms with Gasteiger partial charge in [-0.2, -0.15) is 0 Å². The van der Waals surface area contributed by atoms with Gasteiger partial charge in [-0.05, 0) is 31.7 Å². The van der Waals surface area contributed by atoms with Crippen molar-refractivity contribution in [3.8, 4) is 0 Å². The molecule has 0 saturated heterocycles. The van der Waals surface area contributed by atoms with Crippen molar-refractivity contribution in [2.75, 3.05) is 25.5 Å². The summed E-state index contributed by atoms with van der Waals surface area (Å²) in [6.45, 7) is 2.21. The molecule has 2 heterocycles.